The molecule has 1 aromatic carbocycles. The van der Waals surface area contributed by atoms with Gasteiger partial charge in [0.05, 0.1) is 18.4 Å². The van der Waals surface area contributed by atoms with Gasteiger partial charge >= 0.3 is 0 Å². The van der Waals surface area contributed by atoms with Crippen LogP contribution in [0, 0.1) is 0 Å². The van der Waals surface area contributed by atoms with Crippen LogP contribution in [0.5, 0.6) is 0 Å². The summed E-state index contributed by atoms with van der Waals surface area (Å²) in [5, 5.41) is 0. The molecule has 3 aromatic rings. The molecule has 2 aromatic heterocycles. The van der Waals surface area contributed by atoms with Gasteiger partial charge in [-0.2, -0.15) is 4.98 Å². The van der Waals surface area contributed by atoms with E-state index < -0.39 is 0 Å². The number of anilines is 1. The summed E-state index contributed by atoms with van der Waals surface area (Å²) < 4.78 is 11.9. The molecule has 0 bridgehead atoms. The zero-order valence-corrected chi connectivity index (χ0v) is 12.9. The molecule has 118 valence electrons. The SMILES string of the molecule is c1ccc(COC2CCCN(c3nc4ccccc4o3)C2)nc1. The Labute approximate surface area is 134 Å². The highest BCUT2D eigenvalue weighted by Crippen LogP contribution is 2.25. The van der Waals surface area contributed by atoms with Crippen molar-refractivity contribution >= 4 is 17.1 Å². The predicted molar refractivity (Wildman–Crippen MR) is 88.3 cm³/mol. The summed E-state index contributed by atoms with van der Waals surface area (Å²) in [5.41, 5.74) is 2.70. The van der Waals surface area contributed by atoms with Crippen molar-refractivity contribution in [3.8, 4) is 0 Å². The van der Waals surface area contributed by atoms with E-state index >= 15 is 0 Å². The highest BCUT2D eigenvalue weighted by Gasteiger charge is 2.24. The Morgan fingerprint density at radius 1 is 1.17 bits per heavy atom. The molecule has 5 heteroatoms. The maximum Gasteiger partial charge on any atom is 0.298 e. The summed E-state index contributed by atoms with van der Waals surface area (Å²) in [6.45, 7) is 2.31. The number of benzene rings is 1. The molecule has 0 saturated carbocycles. The third kappa shape index (κ3) is 3.19. The normalized spacial score (nSPS) is 18.4. The summed E-state index contributed by atoms with van der Waals surface area (Å²) in [6.07, 6.45) is 4.11. The largest absolute Gasteiger partial charge is 0.423 e. The smallest absolute Gasteiger partial charge is 0.298 e. The van der Waals surface area contributed by atoms with Crippen molar-refractivity contribution in [3.05, 3.63) is 54.4 Å². The van der Waals surface area contributed by atoms with Crippen LogP contribution in [0.3, 0.4) is 0 Å². The Morgan fingerprint density at radius 3 is 2.96 bits per heavy atom. The number of rotatable bonds is 4. The number of ether oxygens (including phenoxy) is 1. The van der Waals surface area contributed by atoms with Crippen LogP contribution >= 0.6 is 0 Å². The Bertz CT molecular complexity index is 739. The average molecular weight is 309 g/mol. The molecule has 23 heavy (non-hydrogen) atoms. The minimum absolute atomic E-state index is 0.181. The lowest BCUT2D eigenvalue weighted by atomic mass is 10.1. The predicted octanol–water partition coefficient (Wildman–Crippen LogP) is 3.41. The fourth-order valence-electron chi connectivity index (χ4n) is 2.93. The first-order chi connectivity index (χ1) is 11.4. The minimum atomic E-state index is 0.181. The maximum absolute atomic E-state index is 6.02. The van der Waals surface area contributed by atoms with Crippen molar-refractivity contribution < 1.29 is 9.15 Å². The maximum atomic E-state index is 6.02. The van der Waals surface area contributed by atoms with Crippen LogP contribution in [0.1, 0.15) is 18.5 Å². The van der Waals surface area contributed by atoms with E-state index in [4.69, 9.17) is 9.15 Å². The van der Waals surface area contributed by atoms with Crippen LogP contribution < -0.4 is 4.90 Å². The second-order valence-electron chi connectivity index (χ2n) is 5.81. The lowest BCUT2D eigenvalue weighted by molar-refractivity contribution is 0.0290. The molecule has 0 N–H and O–H groups in total. The summed E-state index contributed by atoms with van der Waals surface area (Å²) in [4.78, 5) is 11.1. The van der Waals surface area contributed by atoms with Crippen LogP contribution in [-0.2, 0) is 11.3 Å². The van der Waals surface area contributed by atoms with Crippen LogP contribution in [0.25, 0.3) is 11.1 Å². The second kappa shape index (κ2) is 6.38. The number of fused-ring (bicyclic) bond motifs is 1. The van der Waals surface area contributed by atoms with E-state index in [1.165, 1.54) is 0 Å². The standard InChI is InChI=1S/C18H19N3O2/c1-2-9-17-16(8-1)20-18(23-17)21-11-5-7-15(12-21)22-13-14-6-3-4-10-19-14/h1-4,6,8-10,15H,5,7,11-13H2. The molecular formula is C18H19N3O2. The lowest BCUT2D eigenvalue weighted by Gasteiger charge is -2.31. The molecule has 4 rings (SSSR count). The Morgan fingerprint density at radius 2 is 2.09 bits per heavy atom. The number of oxazole rings is 1. The van der Waals surface area contributed by atoms with E-state index in [1.54, 1.807) is 6.20 Å². The second-order valence-corrected chi connectivity index (χ2v) is 5.81. The molecule has 1 aliphatic heterocycles. The molecule has 0 aliphatic carbocycles. The number of hydrogen-bond acceptors (Lipinski definition) is 5. The third-order valence-electron chi connectivity index (χ3n) is 4.12. The van der Waals surface area contributed by atoms with E-state index in [1.807, 2.05) is 42.5 Å². The molecule has 0 radical (unpaired) electrons. The van der Waals surface area contributed by atoms with Gasteiger partial charge in [-0.25, -0.2) is 0 Å². The number of nitrogens with zero attached hydrogens (tertiary/aromatic N) is 3. The molecule has 1 fully saturated rings. The number of piperidine rings is 1. The monoisotopic (exact) mass is 309 g/mol. The molecule has 5 nitrogen and oxygen atoms in total. The molecule has 0 amide bonds. The summed E-state index contributed by atoms with van der Waals surface area (Å²) in [5.74, 6) is 0. The van der Waals surface area contributed by atoms with E-state index in [2.05, 4.69) is 14.9 Å². The topological polar surface area (TPSA) is 51.4 Å². The Hall–Kier alpha value is -2.40. The van der Waals surface area contributed by atoms with Crippen molar-refractivity contribution in [2.45, 2.75) is 25.6 Å². The summed E-state index contributed by atoms with van der Waals surface area (Å²) in [7, 11) is 0. The van der Waals surface area contributed by atoms with Crippen LogP contribution in [0.2, 0.25) is 0 Å². The first-order valence-electron chi connectivity index (χ1n) is 8.00. The van der Waals surface area contributed by atoms with Crippen molar-refractivity contribution in [1.82, 2.24) is 9.97 Å². The molecule has 1 unspecified atom stereocenters. The fourth-order valence-corrected chi connectivity index (χ4v) is 2.93. The first-order valence-corrected chi connectivity index (χ1v) is 8.00. The first kappa shape index (κ1) is 14.2. The summed E-state index contributed by atoms with van der Waals surface area (Å²) >= 11 is 0. The van der Waals surface area contributed by atoms with Gasteiger partial charge in [-0.05, 0) is 37.1 Å². The van der Waals surface area contributed by atoms with E-state index in [0.29, 0.717) is 12.6 Å². The van der Waals surface area contributed by atoms with Gasteiger partial charge in [0.15, 0.2) is 5.58 Å². The molecular weight excluding hydrogens is 290 g/mol. The fraction of sp³-hybridized carbons (Fsp3) is 0.333. The summed E-state index contributed by atoms with van der Waals surface area (Å²) in [6, 6.07) is 14.4. The highest BCUT2D eigenvalue weighted by atomic mass is 16.5. The zero-order chi connectivity index (χ0) is 15.5. The number of pyridine rings is 1. The van der Waals surface area contributed by atoms with Crippen LogP contribution in [0.15, 0.2) is 53.1 Å². The number of hydrogen-bond donors (Lipinski definition) is 0. The lowest BCUT2D eigenvalue weighted by Crippen LogP contribution is -2.39. The van der Waals surface area contributed by atoms with E-state index in [9.17, 15) is 0 Å². The Kier molecular flexibility index (Phi) is 3.94. The van der Waals surface area contributed by atoms with E-state index in [-0.39, 0.29) is 6.10 Å². The number of para-hydroxylation sites is 2. The molecule has 0 spiro atoms. The molecule has 1 saturated heterocycles. The highest BCUT2D eigenvalue weighted by molar-refractivity contribution is 5.74. The van der Waals surface area contributed by atoms with Crippen molar-refractivity contribution in [3.63, 3.8) is 0 Å². The molecule has 3 heterocycles. The zero-order valence-electron chi connectivity index (χ0n) is 12.9. The van der Waals surface area contributed by atoms with Crippen molar-refractivity contribution in [2.24, 2.45) is 0 Å². The number of aromatic nitrogens is 2. The van der Waals surface area contributed by atoms with Gasteiger partial charge < -0.3 is 14.1 Å². The van der Waals surface area contributed by atoms with Gasteiger partial charge in [-0.1, -0.05) is 18.2 Å². The van der Waals surface area contributed by atoms with Crippen LogP contribution in [-0.4, -0.2) is 29.2 Å². The third-order valence-corrected chi connectivity index (χ3v) is 4.12. The van der Waals surface area contributed by atoms with Gasteiger partial charge in [0.1, 0.15) is 5.52 Å². The molecule has 1 aliphatic rings. The van der Waals surface area contributed by atoms with Gasteiger partial charge in [-0.3, -0.25) is 4.98 Å². The van der Waals surface area contributed by atoms with Gasteiger partial charge in [0, 0.05) is 19.3 Å². The van der Waals surface area contributed by atoms with Crippen molar-refractivity contribution in [2.75, 3.05) is 18.0 Å². The quantitative estimate of drug-likeness (QED) is 0.739. The van der Waals surface area contributed by atoms with Gasteiger partial charge in [0.2, 0.25) is 0 Å². The van der Waals surface area contributed by atoms with Crippen LogP contribution in [0.4, 0.5) is 6.01 Å². The van der Waals surface area contributed by atoms with Gasteiger partial charge in [-0.15, -0.1) is 0 Å². The van der Waals surface area contributed by atoms with E-state index in [0.717, 1.165) is 42.7 Å². The van der Waals surface area contributed by atoms with Gasteiger partial charge in [0.25, 0.3) is 6.01 Å². The minimum Gasteiger partial charge on any atom is -0.423 e. The average Bonchev–Trinajstić information content (AvgIpc) is 3.05. The molecule has 1 atom stereocenters. The Balaban J connectivity index is 1.42. The van der Waals surface area contributed by atoms with Crippen molar-refractivity contribution in [1.29, 1.82) is 0 Å².